The molecule has 0 aliphatic heterocycles. The van der Waals surface area contributed by atoms with E-state index in [1.807, 2.05) is 32.0 Å². The molecule has 0 atom stereocenters. The van der Waals surface area contributed by atoms with Crippen molar-refractivity contribution in [1.29, 1.82) is 0 Å². The zero-order valence-corrected chi connectivity index (χ0v) is 16.8. The predicted octanol–water partition coefficient (Wildman–Crippen LogP) is 5.54. The first kappa shape index (κ1) is 19.5. The van der Waals surface area contributed by atoms with Crippen molar-refractivity contribution in [3.05, 3.63) is 57.1 Å². The number of hydrogen-bond acceptors (Lipinski definition) is 3. The number of aromatic hydroxyl groups is 1. The molecule has 3 nitrogen and oxygen atoms in total. The van der Waals surface area contributed by atoms with Crippen LogP contribution < -0.4 is 4.74 Å². The Labute approximate surface area is 158 Å². The highest BCUT2D eigenvalue weighted by Gasteiger charge is 2.12. The van der Waals surface area contributed by atoms with Gasteiger partial charge in [0.05, 0.1) is 0 Å². The van der Waals surface area contributed by atoms with E-state index in [1.165, 1.54) is 5.56 Å². The average Bonchev–Trinajstić information content (AvgIpc) is 2.57. The minimum Gasteiger partial charge on any atom is -0.508 e. The van der Waals surface area contributed by atoms with Crippen molar-refractivity contribution < 1.29 is 14.6 Å². The summed E-state index contributed by atoms with van der Waals surface area (Å²) in [6.07, 6.45) is 1.25. The number of phenolic OH excluding ortho intramolecular Hbond substituents is 1. The van der Waals surface area contributed by atoms with E-state index in [4.69, 9.17) is 4.74 Å². The standard InChI is InChI=1S/C21H25BrO3/c1-5-16(23)12-25-17-8-14(4)19(20(22)11-17)10-15-6-7-21(24)18(9-15)13(2)3/h6-9,11,13,24H,5,10,12H2,1-4H3. The monoisotopic (exact) mass is 404 g/mol. The highest BCUT2D eigenvalue weighted by molar-refractivity contribution is 9.10. The summed E-state index contributed by atoms with van der Waals surface area (Å²) < 4.78 is 6.54. The summed E-state index contributed by atoms with van der Waals surface area (Å²) in [7, 11) is 0. The first-order chi connectivity index (χ1) is 11.8. The molecule has 0 aliphatic rings. The van der Waals surface area contributed by atoms with Gasteiger partial charge in [0.2, 0.25) is 0 Å². The Kier molecular flexibility index (Phi) is 6.65. The van der Waals surface area contributed by atoms with Crippen LogP contribution in [0.2, 0.25) is 0 Å². The number of benzene rings is 2. The second kappa shape index (κ2) is 8.52. The molecule has 0 amide bonds. The van der Waals surface area contributed by atoms with Crippen LogP contribution in [-0.2, 0) is 11.2 Å². The molecule has 134 valence electrons. The van der Waals surface area contributed by atoms with Gasteiger partial charge in [-0.25, -0.2) is 0 Å². The molecule has 0 saturated heterocycles. The number of rotatable bonds is 7. The molecule has 0 saturated carbocycles. The summed E-state index contributed by atoms with van der Waals surface area (Å²) >= 11 is 3.63. The van der Waals surface area contributed by atoms with Crippen LogP contribution in [0.3, 0.4) is 0 Å². The Hall–Kier alpha value is -1.81. The van der Waals surface area contributed by atoms with Crippen LogP contribution in [-0.4, -0.2) is 17.5 Å². The smallest absolute Gasteiger partial charge is 0.169 e. The second-order valence-electron chi connectivity index (χ2n) is 6.61. The minimum atomic E-state index is 0.0863. The zero-order valence-electron chi connectivity index (χ0n) is 15.2. The Morgan fingerprint density at radius 3 is 2.56 bits per heavy atom. The third-order valence-electron chi connectivity index (χ3n) is 4.28. The number of carbonyl (C=O) groups is 1. The summed E-state index contributed by atoms with van der Waals surface area (Å²) in [4.78, 5) is 11.4. The van der Waals surface area contributed by atoms with E-state index in [9.17, 15) is 9.90 Å². The third kappa shape index (κ3) is 5.08. The fourth-order valence-electron chi connectivity index (χ4n) is 2.70. The van der Waals surface area contributed by atoms with Gasteiger partial charge in [0, 0.05) is 10.9 Å². The number of halogens is 1. The summed E-state index contributed by atoms with van der Waals surface area (Å²) in [5.41, 5.74) is 4.39. The molecule has 0 spiro atoms. The maximum atomic E-state index is 11.4. The fourth-order valence-corrected chi connectivity index (χ4v) is 3.37. The largest absolute Gasteiger partial charge is 0.508 e. The first-order valence-electron chi connectivity index (χ1n) is 8.57. The van der Waals surface area contributed by atoms with Gasteiger partial charge < -0.3 is 9.84 Å². The number of aryl methyl sites for hydroxylation is 1. The fraction of sp³-hybridized carbons (Fsp3) is 0.381. The number of ether oxygens (including phenoxy) is 1. The Balaban J connectivity index is 2.23. The van der Waals surface area contributed by atoms with Gasteiger partial charge in [-0.3, -0.25) is 4.79 Å². The molecule has 2 rings (SSSR count). The normalized spacial score (nSPS) is 11.0. The van der Waals surface area contributed by atoms with Crippen LogP contribution in [0.15, 0.2) is 34.8 Å². The summed E-state index contributed by atoms with van der Waals surface area (Å²) in [5, 5.41) is 9.99. The molecule has 25 heavy (non-hydrogen) atoms. The SMILES string of the molecule is CCC(=O)COc1cc(C)c(Cc2ccc(O)c(C(C)C)c2)c(Br)c1. The molecule has 1 N–H and O–H groups in total. The third-order valence-corrected chi connectivity index (χ3v) is 4.99. The summed E-state index contributed by atoms with van der Waals surface area (Å²) in [6, 6.07) is 9.66. The Bertz CT molecular complexity index is 743. The highest BCUT2D eigenvalue weighted by Crippen LogP contribution is 2.31. The van der Waals surface area contributed by atoms with Crippen LogP contribution in [0.25, 0.3) is 0 Å². The van der Waals surface area contributed by atoms with E-state index in [-0.39, 0.29) is 18.3 Å². The van der Waals surface area contributed by atoms with Gasteiger partial charge in [0.15, 0.2) is 5.78 Å². The molecule has 2 aromatic rings. The van der Waals surface area contributed by atoms with Crippen LogP contribution in [0.5, 0.6) is 11.5 Å². The molecule has 2 aromatic carbocycles. The molecule has 0 aliphatic carbocycles. The Morgan fingerprint density at radius 1 is 1.24 bits per heavy atom. The molecule has 0 bridgehead atoms. The average molecular weight is 405 g/mol. The summed E-state index contributed by atoms with van der Waals surface area (Å²) in [5.74, 6) is 1.40. The summed E-state index contributed by atoms with van der Waals surface area (Å²) in [6.45, 7) is 8.13. The lowest BCUT2D eigenvalue weighted by molar-refractivity contribution is -0.120. The lowest BCUT2D eigenvalue weighted by atomic mass is 9.95. The number of Topliss-reactive ketones (excluding diaryl/α,β-unsaturated/α-hetero) is 1. The molecule has 0 fully saturated rings. The van der Waals surface area contributed by atoms with Gasteiger partial charge in [0.25, 0.3) is 0 Å². The number of carbonyl (C=O) groups excluding carboxylic acids is 1. The zero-order chi connectivity index (χ0) is 18.6. The highest BCUT2D eigenvalue weighted by atomic mass is 79.9. The van der Waals surface area contributed by atoms with Crippen molar-refractivity contribution >= 4 is 21.7 Å². The van der Waals surface area contributed by atoms with Crippen LogP contribution in [0, 0.1) is 6.92 Å². The van der Waals surface area contributed by atoms with Crippen molar-refractivity contribution in [2.24, 2.45) is 0 Å². The number of hydrogen-bond donors (Lipinski definition) is 1. The lowest BCUT2D eigenvalue weighted by Crippen LogP contribution is -2.09. The van der Waals surface area contributed by atoms with E-state index >= 15 is 0 Å². The van der Waals surface area contributed by atoms with Gasteiger partial charge in [-0.15, -0.1) is 0 Å². The van der Waals surface area contributed by atoms with Crippen molar-refractivity contribution in [2.45, 2.75) is 46.5 Å². The quantitative estimate of drug-likeness (QED) is 0.658. The van der Waals surface area contributed by atoms with Crippen molar-refractivity contribution in [3.8, 4) is 11.5 Å². The maximum Gasteiger partial charge on any atom is 0.169 e. The second-order valence-corrected chi connectivity index (χ2v) is 7.46. The van der Waals surface area contributed by atoms with Gasteiger partial charge in [-0.1, -0.05) is 48.8 Å². The van der Waals surface area contributed by atoms with Crippen LogP contribution in [0.1, 0.15) is 55.4 Å². The molecule has 0 heterocycles. The molecular formula is C21H25BrO3. The lowest BCUT2D eigenvalue weighted by Gasteiger charge is -2.14. The van der Waals surface area contributed by atoms with Crippen molar-refractivity contribution in [1.82, 2.24) is 0 Å². The van der Waals surface area contributed by atoms with Gasteiger partial charge >= 0.3 is 0 Å². The van der Waals surface area contributed by atoms with Crippen molar-refractivity contribution in [3.63, 3.8) is 0 Å². The number of ketones is 1. The molecular weight excluding hydrogens is 380 g/mol. The van der Waals surface area contributed by atoms with Gasteiger partial charge in [0.1, 0.15) is 18.1 Å². The van der Waals surface area contributed by atoms with Gasteiger partial charge in [-0.05, 0) is 59.7 Å². The van der Waals surface area contributed by atoms with E-state index in [0.717, 1.165) is 27.6 Å². The minimum absolute atomic E-state index is 0.0863. The van der Waals surface area contributed by atoms with E-state index in [1.54, 1.807) is 6.07 Å². The van der Waals surface area contributed by atoms with E-state index in [0.29, 0.717) is 17.9 Å². The molecule has 4 heteroatoms. The molecule has 0 radical (unpaired) electrons. The predicted molar refractivity (Wildman–Crippen MR) is 105 cm³/mol. The van der Waals surface area contributed by atoms with Crippen LogP contribution >= 0.6 is 15.9 Å². The first-order valence-corrected chi connectivity index (χ1v) is 9.36. The Morgan fingerprint density at radius 2 is 1.96 bits per heavy atom. The maximum absolute atomic E-state index is 11.4. The molecule has 0 unspecified atom stereocenters. The van der Waals surface area contributed by atoms with E-state index < -0.39 is 0 Å². The topological polar surface area (TPSA) is 46.5 Å². The molecule has 0 aromatic heterocycles. The number of phenols is 1. The van der Waals surface area contributed by atoms with Crippen LogP contribution in [0.4, 0.5) is 0 Å². The van der Waals surface area contributed by atoms with E-state index in [2.05, 4.69) is 35.8 Å². The van der Waals surface area contributed by atoms with Gasteiger partial charge in [-0.2, -0.15) is 0 Å². The van der Waals surface area contributed by atoms with Crippen molar-refractivity contribution in [2.75, 3.05) is 6.61 Å².